The molecule has 2 fully saturated rings. The Morgan fingerprint density at radius 1 is 1.32 bits per heavy atom. The highest BCUT2D eigenvalue weighted by Crippen LogP contribution is 2.33. The maximum absolute atomic E-state index is 13.2. The number of nitrogens with one attached hydrogen (secondary N) is 1. The van der Waals surface area contributed by atoms with Gasteiger partial charge < -0.3 is 19.5 Å². The van der Waals surface area contributed by atoms with Gasteiger partial charge in [0, 0.05) is 30.7 Å². The van der Waals surface area contributed by atoms with E-state index in [4.69, 9.17) is 4.74 Å². The highest BCUT2D eigenvalue weighted by atomic mass is 32.2. The summed E-state index contributed by atoms with van der Waals surface area (Å²) in [5.74, 6) is -2.25. The number of aromatic nitrogens is 2. The number of imidazole rings is 1. The van der Waals surface area contributed by atoms with Crippen molar-refractivity contribution >= 4 is 21.6 Å². The van der Waals surface area contributed by atoms with Crippen LogP contribution in [0.25, 0.3) is 0 Å². The van der Waals surface area contributed by atoms with Crippen molar-refractivity contribution in [3.05, 3.63) is 48.6 Å². The number of nitrogens with zero attached hydrogens (tertiary/aromatic N) is 3. The zero-order valence-corrected chi connectivity index (χ0v) is 15.5. The van der Waals surface area contributed by atoms with Crippen molar-refractivity contribution < 1.29 is 26.7 Å². The third kappa shape index (κ3) is 3.59. The van der Waals surface area contributed by atoms with Gasteiger partial charge in [0.15, 0.2) is 21.5 Å². The number of anilines is 1. The number of ether oxygens (including phenoxy) is 1. The average molecular weight is 412 g/mol. The van der Waals surface area contributed by atoms with E-state index in [1.165, 1.54) is 11.0 Å². The molecule has 2 aliphatic heterocycles. The van der Waals surface area contributed by atoms with Crippen LogP contribution < -0.4 is 5.32 Å². The Morgan fingerprint density at radius 3 is 2.75 bits per heavy atom. The number of carbonyl (C=O) groups is 1. The number of halogens is 2. The molecule has 8 nitrogen and oxygen atoms in total. The molecule has 0 unspecified atom stereocenters. The van der Waals surface area contributed by atoms with Crippen LogP contribution in [0.3, 0.4) is 0 Å². The van der Waals surface area contributed by atoms with Crippen molar-refractivity contribution in [2.75, 3.05) is 30.8 Å². The van der Waals surface area contributed by atoms with E-state index >= 15 is 0 Å². The third-order valence-corrected chi connectivity index (χ3v) is 7.17. The van der Waals surface area contributed by atoms with Crippen molar-refractivity contribution in [2.24, 2.45) is 0 Å². The molecule has 1 atom stereocenters. The minimum atomic E-state index is -3.41. The molecule has 0 radical (unpaired) electrons. The van der Waals surface area contributed by atoms with Gasteiger partial charge in [0.1, 0.15) is 10.9 Å². The zero-order valence-electron chi connectivity index (χ0n) is 14.7. The molecule has 0 saturated carbocycles. The topological polar surface area (TPSA) is 93.5 Å². The van der Waals surface area contributed by atoms with Gasteiger partial charge in [-0.3, -0.25) is 0 Å². The highest BCUT2D eigenvalue weighted by molar-refractivity contribution is 7.92. The first-order chi connectivity index (χ1) is 13.3. The van der Waals surface area contributed by atoms with E-state index in [-0.39, 0.29) is 37.7 Å². The van der Waals surface area contributed by atoms with Gasteiger partial charge in [-0.2, -0.15) is 0 Å². The Kier molecular flexibility index (Phi) is 4.58. The summed E-state index contributed by atoms with van der Waals surface area (Å²) < 4.78 is 59.0. The van der Waals surface area contributed by atoms with Crippen LogP contribution in [0.2, 0.25) is 0 Å². The Balaban J connectivity index is 1.35. The lowest BCUT2D eigenvalue weighted by Gasteiger charge is -2.51. The molecule has 11 heteroatoms. The molecule has 0 aliphatic carbocycles. The molecular weight excluding hydrogens is 394 g/mol. The van der Waals surface area contributed by atoms with Gasteiger partial charge in [-0.25, -0.2) is 27.0 Å². The fourth-order valence-electron chi connectivity index (χ4n) is 3.45. The molecule has 1 aromatic carbocycles. The Hall–Kier alpha value is -2.53. The summed E-state index contributed by atoms with van der Waals surface area (Å²) in [6.07, 6.45) is 4.81. The van der Waals surface area contributed by atoms with E-state index in [0.29, 0.717) is 0 Å². The summed E-state index contributed by atoms with van der Waals surface area (Å²) in [6, 6.07) is 2.51. The second kappa shape index (κ2) is 6.82. The zero-order chi connectivity index (χ0) is 19.9. The van der Waals surface area contributed by atoms with Crippen molar-refractivity contribution in [3.8, 4) is 0 Å². The summed E-state index contributed by atoms with van der Waals surface area (Å²) in [5, 5.41) is 1.79. The number of benzene rings is 1. The number of urea groups is 1. The molecule has 150 valence electrons. The van der Waals surface area contributed by atoms with E-state index < -0.39 is 38.4 Å². The molecule has 2 aliphatic rings. The third-order valence-electron chi connectivity index (χ3n) is 4.94. The first kappa shape index (κ1) is 18.8. The smallest absolute Gasteiger partial charge is 0.322 e. The van der Waals surface area contributed by atoms with Crippen LogP contribution in [-0.4, -0.2) is 65.2 Å². The van der Waals surface area contributed by atoms with Crippen LogP contribution in [0.5, 0.6) is 0 Å². The average Bonchev–Trinajstić information content (AvgIpc) is 3.11. The van der Waals surface area contributed by atoms with Crippen molar-refractivity contribution in [1.29, 1.82) is 0 Å². The lowest BCUT2D eigenvalue weighted by atomic mass is 9.96. The summed E-state index contributed by atoms with van der Waals surface area (Å²) in [6.45, 7) is 0.525. The number of sulfone groups is 1. The summed E-state index contributed by atoms with van der Waals surface area (Å²) in [7, 11) is -3.41. The number of hydrogen-bond acceptors (Lipinski definition) is 5. The fourth-order valence-corrected chi connectivity index (χ4v) is 5.36. The normalized spacial score (nSPS) is 22.6. The van der Waals surface area contributed by atoms with E-state index in [1.54, 1.807) is 23.3 Å². The molecule has 3 heterocycles. The van der Waals surface area contributed by atoms with Gasteiger partial charge in [0.05, 0.1) is 31.8 Å². The number of likely N-dealkylation sites (tertiary alicyclic amines) is 1. The van der Waals surface area contributed by atoms with Gasteiger partial charge in [-0.15, -0.1) is 0 Å². The van der Waals surface area contributed by atoms with Crippen molar-refractivity contribution in [3.63, 3.8) is 0 Å². The standard InChI is InChI=1S/C17H18F2N4O4S/c18-14-2-1-12(5-15(14)19)21-16(24)23-8-17(9-23)10-28(25,26)13(7-27-17)6-22-4-3-20-11-22/h1-5,11,13H,6-10H2,(H,21,24)/t13-/m0/s1. The predicted molar refractivity (Wildman–Crippen MR) is 95.4 cm³/mol. The van der Waals surface area contributed by atoms with Crippen molar-refractivity contribution in [2.45, 2.75) is 17.4 Å². The van der Waals surface area contributed by atoms with E-state index in [0.717, 1.165) is 12.1 Å². The molecule has 1 aromatic heterocycles. The van der Waals surface area contributed by atoms with E-state index in [2.05, 4.69) is 10.3 Å². The lowest BCUT2D eigenvalue weighted by molar-refractivity contribution is -0.117. The molecule has 1 spiro atoms. The molecular formula is C17H18F2N4O4S. The summed E-state index contributed by atoms with van der Waals surface area (Å²) in [5.41, 5.74) is -0.808. The Labute approximate surface area is 160 Å². The van der Waals surface area contributed by atoms with Crippen LogP contribution in [0, 0.1) is 11.6 Å². The van der Waals surface area contributed by atoms with Gasteiger partial charge in [0.2, 0.25) is 0 Å². The van der Waals surface area contributed by atoms with E-state index in [1.807, 2.05) is 0 Å². The maximum atomic E-state index is 13.2. The van der Waals surface area contributed by atoms with Crippen LogP contribution in [0.1, 0.15) is 0 Å². The van der Waals surface area contributed by atoms with Gasteiger partial charge in [0.25, 0.3) is 0 Å². The number of amides is 2. The van der Waals surface area contributed by atoms with Crippen LogP contribution in [0.4, 0.5) is 19.3 Å². The van der Waals surface area contributed by atoms with Gasteiger partial charge in [-0.1, -0.05) is 0 Å². The Bertz CT molecular complexity index is 991. The molecule has 1 N–H and O–H groups in total. The SMILES string of the molecule is O=C(Nc1ccc(F)c(F)c1)N1CC2(C1)CS(=O)(=O)[C@@H](Cn1ccnc1)CO2. The van der Waals surface area contributed by atoms with Gasteiger partial charge in [-0.05, 0) is 12.1 Å². The molecule has 2 aromatic rings. The molecule has 2 amide bonds. The largest absolute Gasteiger partial charge is 0.369 e. The first-order valence-electron chi connectivity index (χ1n) is 8.59. The number of carbonyl (C=O) groups excluding carboxylic acids is 1. The van der Waals surface area contributed by atoms with Crippen LogP contribution in [0.15, 0.2) is 36.9 Å². The highest BCUT2D eigenvalue weighted by Gasteiger charge is 2.53. The van der Waals surface area contributed by atoms with Gasteiger partial charge >= 0.3 is 6.03 Å². The first-order valence-corrected chi connectivity index (χ1v) is 10.3. The number of rotatable bonds is 3. The lowest BCUT2D eigenvalue weighted by Crippen LogP contribution is -2.71. The fraction of sp³-hybridized carbons (Fsp3) is 0.412. The maximum Gasteiger partial charge on any atom is 0.322 e. The predicted octanol–water partition coefficient (Wildman–Crippen LogP) is 1.26. The summed E-state index contributed by atoms with van der Waals surface area (Å²) in [4.78, 5) is 17.5. The van der Waals surface area contributed by atoms with E-state index in [9.17, 15) is 22.0 Å². The Morgan fingerprint density at radius 2 is 2.11 bits per heavy atom. The molecule has 0 bridgehead atoms. The van der Waals surface area contributed by atoms with Crippen LogP contribution in [-0.2, 0) is 21.1 Å². The molecule has 2 saturated heterocycles. The second-order valence-electron chi connectivity index (χ2n) is 7.10. The molecule has 4 rings (SSSR count). The number of hydrogen-bond donors (Lipinski definition) is 1. The molecule has 28 heavy (non-hydrogen) atoms. The minimum absolute atomic E-state index is 0.0408. The van der Waals surface area contributed by atoms with Crippen LogP contribution >= 0.6 is 0 Å². The monoisotopic (exact) mass is 412 g/mol. The quantitative estimate of drug-likeness (QED) is 0.819. The second-order valence-corrected chi connectivity index (χ2v) is 9.38. The van der Waals surface area contributed by atoms with Crippen molar-refractivity contribution in [1.82, 2.24) is 14.5 Å². The summed E-state index contributed by atoms with van der Waals surface area (Å²) >= 11 is 0. The minimum Gasteiger partial charge on any atom is -0.369 e.